The van der Waals surface area contributed by atoms with Gasteiger partial charge >= 0.3 is 6.09 Å². The Morgan fingerprint density at radius 1 is 1.40 bits per heavy atom. The van der Waals surface area contributed by atoms with E-state index in [0.717, 1.165) is 12.1 Å². The molecule has 5 heteroatoms. The van der Waals surface area contributed by atoms with Crippen LogP contribution in [-0.4, -0.2) is 37.9 Å². The van der Waals surface area contributed by atoms with Crippen molar-refractivity contribution >= 4 is 6.09 Å². The predicted molar refractivity (Wildman–Crippen MR) is 76.4 cm³/mol. The van der Waals surface area contributed by atoms with Gasteiger partial charge in [-0.15, -0.1) is 6.58 Å². The molecular weight excluding hydrogens is 256 g/mol. The van der Waals surface area contributed by atoms with E-state index >= 15 is 0 Å². The van der Waals surface area contributed by atoms with Crippen LogP contribution in [0.25, 0.3) is 0 Å². The third kappa shape index (κ3) is 4.36. The lowest BCUT2D eigenvalue weighted by Gasteiger charge is -2.19. The zero-order valence-corrected chi connectivity index (χ0v) is 11.4. The molecule has 2 N–H and O–H groups in total. The number of ether oxygens (including phenoxy) is 2. The lowest BCUT2D eigenvalue weighted by molar-refractivity contribution is 0.0645. The van der Waals surface area contributed by atoms with Crippen LogP contribution in [0.1, 0.15) is 5.56 Å². The molecule has 1 fully saturated rings. The molecule has 5 nitrogen and oxygen atoms in total. The van der Waals surface area contributed by atoms with Crippen LogP contribution in [0.4, 0.5) is 4.79 Å². The van der Waals surface area contributed by atoms with Crippen molar-refractivity contribution in [2.45, 2.75) is 18.8 Å². The van der Waals surface area contributed by atoms with Gasteiger partial charge in [-0.1, -0.05) is 36.4 Å². The van der Waals surface area contributed by atoms with Crippen LogP contribution >= 0.6 is 0 Å². The highest BCUT2D eigenvalue weighted by Gasteiger charge is 2.29. The summed E-state index contributed by atoms with van der Waals surface area (Å²) in [5, 5.41) is 6.01. The van der Waals surface area contributed by atoms with Crippen molar-refractivity contribution in [3.05, 3.63) is 48.6 Å². The normalized spacial score (nSPS) is 21.4. The molecular formula is C15H20N2O3. The van der Waals surface area contributed by atoms with Gasteiger partial charge in [-0.2, -0.15) is 0 Å². The molecule has 2 atom stereocenters. The molecule has 1 aromatic rings. The van der Waals surface area contributed by atoms with Crippen LogP contribution in [0.15, 0.2) is 43.0 Å². The van der Waals surface area contributed by atoms with Crippen LogP contribution in [0, 0.1) is 0 Å². The molecule has 20 heavy (non-hydrogen) atoms. The Labute approximate surface area is 119 Å². The van der Waals surface area contributed by atoms with Gasteiger partial charge < -0.3 is 20.1 Å². The number of alkyl carbamates (subject to hydrolysis) is 1. The number of carbonyl (C=O) groups excluding carboxylic acids is 1. The second kappa shape index (κ2) is 7.67. The lowest BCUT2D eigenvalue weighted by Crippen LogP contribution is -2.44. The van der Waals surface area contributed by atoms with Gasteiger partial charge in [-0.25, -0.2) is 4.79 Å². The van der Waals surface area contributed by atoms with Gasteiger partial charge in [0.05, 0.1) is 18.8 Å². The average Bonchev–Trinajstić information content (AvgIpc) is 2.91. The molecule has 0 spiro atoms. The molecule has 2 rings (SSSR count). The van der Waals surface area contributed by atoms with Gasteiger partial charge in [-0.05, 0) is 5.56 Å². The van der Waals surface area contributed by atoms with E-state index < -0.39 is 6.09 Å². The summed E-state index contributed by atoms with van der Waals surface area (Å²) in [6.07, 6.45) is 1.23. The molecule has 0 saturated carbocycles. The van der Waals surface area contributed by atoms with Gasteiger partial charge in [0, 0.05) is 13.1 Å². The third-order valence-corrected chi connectivity index (χ3v) is 3.10. The first kappa shape index (κ1) is 14.6. The number of benzene rings is 1. The van der Waals surface area contributed by atoms with Crippen molar-refractivity contribution < 1.29 is 14.3 Å². The number of amides is 1. The van der Waals surface area contributed by atoms with Gasteiger partial charge in [0.25, 0.3) is 0 Å². The minimum atomic E-state index is -0.422. The summed E-state index contributed by atoms with van der Waals surface area (Å²) in [7, 11) is 0. The van der Waals surface area contributed by atoms with E-state index in [4.69, 9.17) is 9.47 Å². The summed E-state index contributed by atoms with van der Waals surface area (Å²) in [5.41, 5.74) is 0.964. The standard InChI is InChI=1S/C15H20N2O3/c1-2-8-19-14-10-16-9-13(14)17-15(18)20-11-12-6-4-3-5-7-12/h2-7,13-14,16H,1,8-11H2,(H,17,18)/t13?,14-/m1/s1. The predicted octanol–water partition coefficient (Wildman–Crippen LogP) is 1.46. The maximum Gasteiger partial charge on any atom is 0.407 e. The zero-order chi connectivity index (χ0) is 14.2. The number of nitrogens with one attached hydrogen (secondary N) is 2. The Bertz CT molecular complexity index is 436. The lowest BCUT2D eigenvalue weighted by atomic mass is 10.2. The second-order valence-electron chi connectivity index (χ2n) is 4.63. The second-order valence-corrected chi connectivity index (χ2v) is 4.63. The Hall–Kier alpha value is -1.85. The quantitative estimate of drug-likeness (QED) is 0.772. The van der Waals surface area contributed by atoms with Gasteiger partial charge in [-0.3, -0.25) is 0 Å². The molecule has 1 aliphatic rings. The summed E-state index contributed by atoms with van der Waals surface area (Å²) in [6.45, 7) is 5.76. The first-order valence-electron chi connectivity index (χ1n) is 6.70. The van der Waals surface area contributed by atoms with E-state index in [0.29, 0.717) is 13.2 Å². The largest absolute Gasteiger partial charge is 0.445 e. The van der Waals surface area contributed by atoms with Gasteiger partial charge in [0.15, 0.2) is 0 Å². The van der Waals surface area contributed by atoms with Gasteiger partial charge in [0.2, 0.25) is 0 Å². The Kier molecular flexibility index (Phi) is 5.58. The number of hydrogen-bond donors (Lipinski definition) is 2. The van der Waals surface area contributed by atoms with Crippen molar-refractivity contribution in [2.75, 3.05) is 19.7 Å². The number of carbonyl (C=O) groups is 1. The van der Waals surface area contributed by atoms with E-state index in [2.05, 4.69) is 17.2 Å². The van der Waals surface area contributed by atoms with E-state index in [1.807, 2.05) is 30.3 Å². The molecule has 108 valence electrons. The fourth-order valence-electron chi connectivity index (χ4n) is 2.08. The minimum absolute atomic E-state index is 0.0442. The molecule has 0 aromatic heterocycles. The fraction of sp³-hybridized carbons (Fsp3) is 0.400. The van der Waals surface area contributed by atoms with Crippen molar-refractivity contribution in [3.63, 3.8) is 0 Å². The Morgan fingerprint density at radius 3 is 2.95 bits per heavy atom. The van der Waals surface area contributed by atoms with E-state index in [1.54, 1.807) is 6.08 Å². The molecule has 0 radical (unpaired) electrons. The molecule has 1 aromatic carbocycles. The summed E-state index contributed by atoms with van der Waals surface area (Å²) in [4.78, 5) is 11.8. The van der Waals surface area contributed by atoms with Crippen molar-refractivity contribution in [2.24, 2.45) is 0 Å². The minimum Gasteiger partial charge on any atom is -0.445 e. The van der Waals surface area contributed by atoms with Crippen molar-refractivity contribution in [3.8, 4) is 0 Å². The average molecular weight is 276 g/mol. The molecule has 1 heterocycles. The molecule has 1 saturated heterocycles. The van der Waals surface area contributed by atoms with Gasteiger partial charge in [0.1, 0.15) is 6.61 Å². The highest BCUT2D eigenvalue weighted by atomic mass is 16.5. The van der Waals surface area contributed by atoms with Crippen molar-refractivity contribution in [1.29, 1.82) is 0 Å². The van der Waals surface area contributed by atoms with E-state index in [9.17, 15) is 4.79 Å². The Balaban J connectivity index is 1.74. The third-order valence-electron chi connectivity index (χ3n) is 3.10. The van der Waals surface area contributed by atoms with Crippen LogP contribution < -0.4 is 10.6 Å². The number of hydrogen-bond acceptors (Lipinski definition) is 4. The highest BCUT2D eigenvalue weighted by Crippen LogP contribution is 2.06. The first-order chi connectivity index (χ1) is 9.79. The number of rotatable bonds is 6. The molecule has 0 bridgehead atoms. The summed E-state index contributed by atoms with van der Waals surface area (Å²) < 4.78 is 10.8. The summed E-state index contributed by atoms with van der Waals surface area (Å²) in [5.74, 6) is 0. The van der Waals surface area contributed by atoms with Crippen LogP contribution in [0.5, 0.6) is 0 Å². The molecule has 1 amide bonds. The monoisotopic (exact) mass is 276 g/mol. The highest BCUT2D eigenvalue weighted by molar-refractivity contribution is 5.67. The topological polar surface area (TPSA) is 59.6 Å². The van der Waals surface area contributed by atoms with Crippen LogP contribution in [0.3, 0.4) is 0 Å². The molecule has 1 aliphatic heterocycles. The van der Waals surface area contributed by atoms with Crippen LogP contribution in [0.2, 0.25) is 0 Å². The van der Waals surface area contributed by atoms with E-state index in [1.165, 1.54) is 0 Å². The fourth-order valence-corrected chi connectivity index (χ4v) is 2.08. The smallest absolute Gasteiger partial charge is 0.407 e. The Morgan fingerprint density at radius 2 is 2.20 bits per heavy atom. The summed E-state index contributed by atoms with van der Waals surface area (Å²) >= 11 is 0. The summed E-state index contributed by atoms with van der Waals surface area (Å²) in [6, 6.07) is 9.52. The molecule has 1 unspecified atom stereocenters. The van der Waals surface area contributed by atoms with E-state index in [-0.39, 0.29) is 18.8 Å². The van der Waals surface area contributed by atoms with Crippen molar-refractivity contribution in [1.82, 2.24) is 10.6 Å². The first-order valence-corrected chi connectivity index (χ1v) is 6.70. The maximum absolute atomic E-state index is 11.8. The zero-order valence-electron chi connectivity index (χ0n) is 11.4. The SMILES string of the molecule is C=CCO[C@@H]1CNCC1NC(=O)OCc1ccccc1. The maximum atomic E-state index is 11.8. The van der Waals surface area contributed by atoms with Crippen LogP contribution in [-0.2, 0) is 16.1 Å². The molecule has 0 aliphatic carbocycles.